The van der Waals surface area contributed by atoms with E-state index in [9.17, 15) is 0 Å². The molecule has 0 aliphatic heterocycles. The highest BCUT2D eigenvalue weighted by molar-refractivity contribution is 4.91. The fourth-order valence-electron chi connectivity index (χ4n) is 0.644. The van der Waals surface area contributed by atoms with E-state index in [0.717, 1.165) is 12.2 Å². The standard InChI is InChI=1S/C6H10N4/c1-3-4-5-6-7-8-9-10(6)2/h3-4H,5H2,1-2H3/b4-3+. The van der Waals surface area contributed by atoms with Crippen LogP contribution in [0.25, 0.3) is 0 Å². The van der Waals surface area contributed by atoms with E-state index in [1.807, 2.05) is 26.1 Å². The zero-order valence-electron chi connectivity index (χ0n) is 6.15. The highest BCUT2D eigenvalue weighted by Gasteiger charge is 1.96. The van der Waals surface area contributed by atoms with Crippen LogP contribution in [0.5, 0.6) is 0 Å². The van der Waals surface area contributed by atoms with E-state index in [1.54, 1.807) is 4.68 Å². The molecule has 0 amide bonds. The largest absolute Gasteiger partial charge is 0.232 e. The van der Waals surface area contributed by atoms with E-state index >= 15 is 0 Å². The number of rotatable bonds is 2. The third-order valence-corrected chi connectivity index (χ3v) is 1.24. The molecule has 0 aromatic carbocycles. The first kappa shape index (κ1) is 6.92. The average molecular weight is 138 g/mol. The predicted octanol–water partition coefficient (Wildman–Crippen LogP) is 0.329. The number of hydrogen-bond acceptors (Lipinski definition) is 3. The molecule has 1 aromatic heterocycles. The van der Waals surface area contributed by atoms with Crippen LogP contribution in [-0.4, -0.2) is 20.2 Å². The Labute approximate surface area is 59.5 Å². The fraction of sp³-hybridized carbons (Fsp3) is 0.500. The first-order valence-electron chi connectivity index (χ1n) is 3.17. The van der Waals surface area contributed by atoms with Gasteiger partial charge >= 0.3 is 0 Å². The molecule has 0 N–H and O–H groups in total. The molecule has 0 atom stereocenters. The summed E-state index contributed by atoms with van der Waals surface area (Å²) < 4.78 is 1.67. The maximum absolute atomic E-state index is 3.80. The molecule has 4 heteroatoms. The van der Waals surface area contributed by atoms with Crippen LogP contribution in [0.2, 0.25) is 0 Å². The van der Waals surface area contributed by atoms with Crippen LogP contribution in [0.1, 0.15) is 12.7 Å². The van der Waals surface area contributed by atoms with Crippen molar-refractivity contribution in [1.82, 2.24) is 20.2 Å². The molecule has 0 aliphatic carbocycles. The molecule has 0 saturated carbocycles. The van der Waals surface area contributed by atoms with Gasteiger partial charge < -0.3 is 0 Å². The maximum atomic E-state index is 3.80. The molecule has 0 radical (unpaired) electrons. The molecule has 0 fully saturated rings. The summed E-state index contributed by atoms with van der Waals surface area (Å²) in [7, 11) is 1.83. The van der Waals surface area contributed by atoms with E-state index in [0.29, 0.717) is 0 Å². The number of allylic oxidation sites excluding steroid dienone is 2. The first-order chi connectivity index (χ1) is 4.84. The van der Waals surface area contributed by atoms with Crippen molar-refractivity contribution in [2.24, 2.45) is 7.05 Å². The summed E-state index contributed by atoms with van der Waals surface area (Å²) in [5.74, 6) is 0.887. The molecule has 0 unspecified atom stereocenters. The Morgan fingerprint density at radius 1 is 1.60 bits per heavy atom. The van der Waals surface area contributed by atoms with E-state index in [4.69, 9.17) is 0 Å². The zero-order chi connectivity index (χ0) is 7.40. The Morgan fingerprint density at radius 3 is 2.90 bits per heavy atom. The van der Waals surface area contributed by atoms with Crippen LogP contribution in [0, 0.1) is 0 Å². The Balaban J connectivity index is 2.65. The number of aromatic nitrogens is 4. The van der Waals surface area contributed by atoms with Gasteiger partial charge in [-0.05, 0) is 17.4 Å². The lowest BCUT2D eigenvalue weighted by atomic mass is 10.4. The summed E-state index contributed by atoms with van der Waals surface area (Å²) in [6.07, 6.45) is 4.81. The third-order valence-electron chi connectivity index (χ3n) is 1.24. The lowest BCUT2D eigenvalue weighted by Crippen LogP contribution is -1.97. The zero-order valence-corrected chi connectivity index (χ0v) is 6.15. The van der Waals surface area contributed by atoms with Crippen molar-refractivity contribution in [3.8, 4) is 0 Å². The minimum absolute atomic E-state index is 0.806. The van der Waals surface area contributed by atoms with E-state index in [-0.39, 0.29) is 0 Å². The number of aryl methyl sites for hydroxylation is 1. The number of tetrazole rings is 1. The quantitative estimate of drug-likeness (QED) is 0.553. The van der Waals surface area contributed by atoms with Crippen LogP contribution in [-0.2, 0) is 13.5 Å². The molecule has 1 heterocycles. The van der Waals surface area contributed by atoms with Crippen molar-refractivity contribution >= 4 is 0 Å². The number of hydrogen-bond donors (Lipinski definition) is 0. The van der Waals surface area contributed by atoms with Crippen LogP contribution in [0.4, 0.5) is 0 Å². The summed E-state index contributed by atoms with van der Waals surface area (Å²) in [6, 6.07) is 0. The molecule has 0 bridgehead atoms. The van der Waals surface area contributed by atoms with E-state index < -0.39 is 0 Å². The molecule has 4 nitrogen and oxygen atoms in total. The van der Waals surface area contributed by atoms with Crippen molar-refractivity contribution in [1.29, 1.82) is 0 Å². The van der Waals surface area contributed by atoms with Crippen molar-refractivity contribution in [2.45, 2.75) is 13.3 Å². The smallest absolute Gasteiger partial charge is 0.154 e. The Hall–Kier alpha value is -1.19. The monoisotopic (exact) mass is 138 g/mol. The van der Waals surface area contributed by atoms with E-state index in [2.05, 4.69) is 15.5 Å². The van der Waals surface area contributed by atoms with Gasteiger partial charge in [-0.15, -0.1) is 5.10 Å². The number of nitrogens with zero attached hydrogens (tertiary/aromatic N) is 4. The molecular formula is C6H10N4. The second-order valence-corrected chi connectivity index (χ2v) is 1.99. The second kappa shape index (κ2) is 3.10. The summed E-state index contributed by atoms with van der Waals surface area (Å²) >= 11 is 0. The van der Waals surface area contributed by atoms with Gasteiger partial charge in [0.15, 0.2) is 5.82 Å². The summed E-state index contributed by atoms with van der Waals surface area (Å²) in [6.45, 7) is 1.98. The van der Waals surface area contributed by atoms with Gasteiger partial charge in [0.2, 0.25) is 0 Å². The summed E-state index contributed by atoms with van der Waals surface area (Å²) in [5.41, 5.74) is 0. The topological polar surface area (TPSA) is 43.6 Å². The van der Waals surface area contributed by atoms with Crippen molar-refractivity contribution in [3.63, 3.8) is 0 Å². The fourth-order valence-corrected chi connectivity index (χ4v) is 0.644. The van der Waals surface area contributed by atoms with E-state index in [1.165, 1.54) is 0 Å². The minimum Gasteiger partial charge on any atom is -0.232 e. The van der Waals surface area contributed by atoms with Gasteiger partial charge in [0, 0.05) is 13.5 Å². The molecule has 54 valence electrons. The molecule has 10 heavy (non-hydrogen) atoms. The van der Waals surface area contributed by atoms with Gasteiger partial charge in [-0.25, -0.2) is 4.68 Å². The van der Waals surface area contributed by atoms with Gasteiger partial charge in [-0.1, -0.05) is 12.2 Å². The predicted molar refractivity (Wildman–Crippen MR) is 37.3 cm³/mol. The highest BCUT2D eigenvalue weighted by atomic mass is 15.5. The highest BCUT2D eigenvalue weighted by Crippen LogP contribution is 1.90. The van der Waals surface area contributed by atoms with Crippen LogP contribution >= 0.6 is 0 Å². The third kappa shape index (κ3) is 1.40. The maximum Gasteiger partial charge on any atom is 0.154 e. The molecule has 0 aliphatic rings. The van der Waals surface area contributed by atoms with Crippen LogP contribution in [0.15, 0.2) is 12.2 Å². The van der Waals surface area contributed by atoms with Crippen molar-refractivity contribution < 1.29 is 0 Å². The van der Waals surface area contributed by atoms with Gasteiger partial charge in [0.25, 0.3) is 0 Å². The molecule has 0 saturated heterocycles. The molecule has 1 aromatic rings. The van der Waals surface area contributed by atoms with Crippen LogP contribution < -0.4 is 0 Å². The van der Waals surface area contributed by atoms with Gasteiger partial charge in [0.05, 0.1) is 0 Å². The van der Waals surface area contributed by atoms with Gasteiger partial charge in [-0.3, -0.25) is 0 Å². The van der Waals surface area contributed by atoms with Crippen molar-refractivity contribution in [3.05, 3.63) is 18.0 Å². The molecule has 0 spiro atoms. The lowest BCUT2D eigenvalue weighted by Gasteiger charge is -1.89. The Kier molecular flexibility index (Phi) is 2.15. The normalized spacial score (nSPS) is 11.0. The average Bonchev–Trinajstić information content (AvgIpc) is 2.31. The lowest BCUT2D eigenvalue weighted by molar-refractivity contribution is 0.688. The van der Waals surface area contributed by atoms with Crippen molar-refractivity contribution in [2.75, 3.05) is 0 Å². The summed E-state index contributed by atoms with van der Waals surface area (Å²) in [4.78, 5) is 0. The Morgan fingerprint density at radius 2 is 2.40 bits per heavy atom. The first-order valence-corrected chi connectivity index (χ1v) is 3.17. The Bertz CT molecular complexity index is 225. The second-order valence-electron chi connectivity index (χ2n) is 1.99. The molecular weight excluding hydrogens is 128 g/mol. The minimum atomic E-state index is 0.806. The molecule has 1 rings (SSSR count). The van der Waals surface area contributed by atoms with Gasteiger partial charge in [-0.2, -0.15) is 0 Å². The van der Waals surface area contributed by atoms with Gasteiger partial charge in [0.1, 0.15) is 0 Å². The SMILES string of the molecule is C/C=C/Cc1nnnn1C. The summed E-state index contributed by atoms with van der Waals surface area (Å²) in [5, 5.41) is 11.0. The van der Waals surface area contributed by atoms with Crippen LogP contribution in [0.3, 0.4) is 0 Å².